The highest BCUT2D eigenvalue weighted by atomic mass is 16.3. The molecule has 1 saturated heterocycles. The Labute approximate surface area is 114 Å². The molecule has 0 aromatic carbocycles. The first kappa shape index (κ1) is 15.8. The van der Waals surface area contributed by atoms with Gasteiger partial charge in [-0.3, -0.25) is 4.79 Å². The van der Waals surface area contributed by atoms with Crippen LogP contribution >= 0.6 is 0 Å². The highest BCUT2D eigenvalue weighted by Gasteiger charge is 2.21. The highest BCUT2D eigenvalue weighted by Crippen LogP contribution is 2.20. The molecular formula is C13H24N4O2. The number of hydrogen-bond donors (Lipinski definition) is 1. The Bertz CT molecular complexity index is 308. The summed E-state index contributed by atoms with van der Waals surface area (Å²) < 4.78 is 0. The van der Waals surface area contributed by atoms with Crippen molar-refractivity contribution in [2.75, 3.05) is 26.2 Å². The minimum Gasteiger partial charge on any atom is -0.396 e. The molecule has 108 valence electrons. The van der Waals surface area contributed by atoms with Crippen molar-refractivity contribution in [1.29, 1.82) is 0 Å². The SMILES string of the molecule is [N-]=[N+]=NCCCCCC(=O)N1CCC(CCO)CC1. The molecule has 0 aromatic rings. The van der Waals surface area contributed by atoms with Crippen molar-refractivity contribution in [3.8, 4) is 0 Å². The van der Waals surface area contributed by atoms with Gasteiger partial charge in [0.1, 0.15) is 0 Å². The normalized spacial score (nSPS) is 16.2. The van der Waals surface area contributed by atoms with E-state index in [-0.39, 0.29) is 12.5 Å². The van der Waals surface area contributed by atoms with Crippen LogP contribution in [0.3, 0.4) is 0 Å². The largest absolute Gasteiger partial charge is 0.396 e. The molecule has 0 unspecified atom stereocenters. The van der Waals surface area contributed by atoms with E-state index in [1.54, 1.807) is 0 Å². The van der Waals surface area contributed by atoms with Gasteiger partial charge in [0.05, 0.1) is 0 Å². The fourth-order valence-corrected chi connectivity index (χ4v) is 2.49. The molecule has 1 fully saturated rings. The van der Waals surface area contributed by atoms with Crippen molar-refractivity contribution >= 4 is 5.91 Å². The molecule has 0 saturated carbocycles. The van der Waals surface area contributed by atoms with Crippen LogP contribution in [0.15, 0.2) is 5.11 Å². The van der Waals surface area contributed by atoms with Crippen molar-refractivity contribution in [2.45, 2.75) is 44.9 Å². The Morgan fingerprint density at radius 3 is 2.68 bits per heavy atom. The summed E-state index contributed by atoms with van der Waals surface area (Å²) in [4.78, 5) is 16.6. The Balaban J connectivity index is 2.08. The van der Waals surface area contributed by atoms with Crippen molar-refractivity contribution in [3.63, 3.8) is 0 Å². The summed E-state index contributed by atoms with van der Waals surface area (Å²) in [5, 5.41) is 12.4. The summed E-state index contributed by atoms with van der Waals surface area (Å²) >= 11 is 0. The number of hydrogen-bond acceptors (Lipinski definition) is 3. The van der Waals surface area contributed by atoms with Gasteiger partial charge in [-0.25, -0.2) is 0 Å². The zero-order valence-electron chi connectivity index (χ0n) is 11.5. The number of likely N-dealkylation sites (tertiary alicyclic amines) is 1. The van der Waals surface area contributed by atoms with Gasteiger partial charge >= 0.3 is 0 Å². The van der Waals surface area contributed by atoms with Gasteiger partial charge in [-0.2, -0.15) is 0 Å². The third kappa shape index (κ3) is 6.45. The number of unbranched alkanes of at least 4 members (excludes halogenated alkanes) is 2. The molecule has 1 amide bonds. The zero-order valence-corrected chi connectivity index (χ0v) is 11.5. The van der Waals surface area contributed by atoms with E-state index in [2.05, 4.69) is 10.0 Å². The highest BCUT2D eigenvalue weighted by molar-refractivity contribution is 5.76. The second-order valence-electron chi connectivity index (χ2n) is 5.10. The number of nitrogens with zero attached hydrogens (tertiary/aromatic N) is 4. The molecule has 0 spiro atoms. The number of aliphatic hydroxyl groups excluding tert-OH is 1. The quantitative estimate of drug-likeness (QED) is 0.317. The van der Waals surface area contributed by atoms with Crippen LogP contribution < -0.4 is 0 Å². The molecule has 19 heavy (non-hydrogen) atoms. The lowest BCUT2D eigenvalue weighted by Gasteiger charge is -2.31. The average molecular weight is 268 g/mol. The number of amides is 1. The van der Waals surface area contributed by atoms with E-state index >= 15 is 0 Å². The van der Waals surface area contributed by atoms with Crippen molar-refractivity contribution in [2.24, 2.45) is 11.0 Å². The van der Waals surface area contributed by atoms with E-state index in [1.807, 2.05) is 4.90 Å². The molecule has 0 radical (unpaired) electrons. The average Bonchev–Trinajstić information content (AvgIpc) is 2.43. The van der Waals surface area contributed by atoms with Crippen LogP contribution in [0.2, 0.25) is 0 Å². The summed E-state index contributed by atoms with van der Waals surface area (Å²) in [7, 11) is 0. The predicted octanol–water partition coefficient (Wildman–Crippen LogP) is 2.48. The molecule has 6 heteroatoms. The summed E-state index contributed by atoms with van der Waals surface area (Å²) in [6, 6.07) is 0. The summed E-state index contributed by atoms with van der Waals surface area (Å²) in [6.07, 6.45) is 6.16. The lowest BCUT2D eigenvalue weighted by atomic mass is 9.94. The first-order chi connectivity index (χ1) is 9.27. The molecule has 1 aliphatic heterocycles. The Morgan fingerprint density at radius 2 is 2.05 bits per heavy atom. The second-order valence-corrected chi connectivity index (χ2v) is 5.10. The van der Waals surface area contributed by atoms with Gasteiger partial charge in [0.25, 0.3) is 0 Å². The van der Waals surface area contributed by atoms with E-state index in [0.29, 0.717) is 18.9 Å². The lowest BCUT2D eigenvalue weighted by Crippen LogP contribution is -2.38. The molecule has 0 aromatic heterocycles. The Hall–Kier alpha value is -1.26. The van der Waals surface area contributed by atoms with Crippen molar-refractivity contribution < 1.29 is 9.90 Å². The maximum Gasteiger partial charge on any atom is 0.222 e. The monoisotopic (exact) mass is 268 g/mol. The standard InChI is InChI=1S/C13H24N4O2/c14-16-15-8-3-1-2-4-13(19)17-9-5-12(6-10-17)7-11-18/h12,18H,1-11H2. The lowest BCUT2D eigenvalue weighted by molar-refractivity contribution is -0.132. The van der Waals surface area contributed by atoms with Gasteiger partial charge in [-0.15, -0.1) is 0 Å². The second kappa shape index (κ2) is 9.64. The fraction of sp³-hybridized carbons (Fsp3) is 0.923. The topological polar surface area (TPSA) is 89.3 Å². The van der Waals surface area contributed by atoms with Crippen LogP contribution in [0.5, 0.6) is 0 Å². The summed E-state index contributed by atoms with van der Waals surface area (Å²) in [6.45, 7) is 2.45. The predicted molar refractivity (Wildman–Crippen MR) is 73.5 cm³/mol. The van der Waals surface area contributed by atoms with Crippen LogP contribution in [-0.2, 0) is 4.79 Å². The molecule has 0 bridgehead atoms. The van der Waals surface area contributed by atoms with E-state index in [1.165, 1.54) is 0 Å². The Kier molecular flexibility index (Phi) is 8.02. The van der Waals surface area contributed by atoms with E-state index in [9.17, 15) is 4.79 Å². The number of azide groups is 1. The molecule has 1 aliphatic rings. The van der Waals surface area contributed by atoms with Crippen LogP contribution in [0, 0.1) is 5.92 Å². The fourth-order valence-electron chi connectivity index (χ4n) is 2.49. The van der Waals surface area contributed by atoms with Gasteiger partial charge in [0, 0.05) is 37.6 Å². The molecule has 1 N–H and O–H groups in total. The Morgan fingerprint density at radius 1 is 1.32 bits per heavy atom. The molecule has 1 rings (SSSR count). The minimum absolute atomic E-state index is 0.242. The first-order valence-electron chi connectivity index (χ1n) is 7.17. The maximum absolute atomic E-state index is 11.9. The van der Waals surface area contributed by atoms with Crippen molar-refractivity contribution in [1.82, 2.24) is 4.90 Å². The number of piperidine rings is 1. The number of carbonyl (C=O) groups is 1. The minimum atomic E-state index is 0.242. The van der Waals surface area contributed by atoms with Gasteiger partial charge in [0.15, 0.2) is 0 Å². The molecule has 0 atom stereocenters. The van der Waals surface area contributed by atoms with Crippen LogP contribution in [0.4, 0.5) is 0 Å². The van der Waals surface area contributed by atoms with E-state index in [4.69, 9.17) is 10.6 Å². The molecule has 6 nitrogen and oxygen atoms in total. The summed E-state index contributed by atoms with van der Waals surface area (Å²) in [5.41, 5.74) is 8.12. The zero-order chi connectivity index (χ0) is 13.9. The maximum atomic E-state index is 11.9. The molecule has 0 aliphatic carbocycles. The number of aliphatic hydroxyl groups is 1. The third-order valence-corrected chi connectivity index (χ3v) is 3.72. The molecule has 1 heterocycles. The van der Waals surface area contributed by atoms with Gasteiger partial charge in [0.2, 0.25) is 5.91 Å². The van der Waals surface area contributed by atoms with E-state index in [0.717, 1.165) is 51.6 Å². The first-order valence-corrected chi connectivity index (χ1v) is 7.17. The van der Waals surface area contributed by atoms with Gasteiger partial charge in [-0.1, -0.05) is 11.5 Å². The van der Waals surface area contributed by atoms with Crippen molar-refractivity contribution in [3.05, 3.63) is 10.4 Å². The third-order valence-electron chi connectivity index (χ3n) is 3.72. The van der Waals surface area contributed by atoms with Gasteiger partial charge in [-0.05, 0) is 43.6 Å². The summed E-state index contributed by atoms with van der Waals surface area (Å²) in [5.74, 6) is 0.823. The number of rotatable bonds is 8. The van der Waals surface area contributed by atoms with Gasteiger partial charge < -0.3 is 10.0 Å². The smallest absolute Gasteiger partial charge is 0.222 e. The van der Waals surface area contributed by atoms with Crippen LogP contribution in [-0.4, -0.2) is 42.2 Å². The number of carbonyl (C=O) groups excluding carboxylic acids is 1. The molecular weight excluding hydrogens is 244 g/mol. The van der Waals surface area contributed by atoms with E-state index < -0.39 is 0 Å². The van der Waals surface area contributed by atoms with Crippen LogP contribution in [0.1, 0.15) is 44.9 Å². The van der Waals surface area contributed by atoms with Crippen LogP contribution in [0.25, 0.3) is 10.4 Å².